The molecule has 0 radical (unpaired) electrons. The average molecular weight is 295 g/mol. The number of benzene rings is 1. The predicted octanol–water partition coefficient (Wildman–Crippen LogP) is 1.67. The Bertz CT molecular complexity index is 433. The number of hydrogen-bond acceptors (Lipinski definition) is 3. The minimum absolute atomic E-state index is 0.162. The molecule has 0 spiro atoms. The van der Waals surface area contributed by atoms with E-state index in [2.05, 4.69) is 38.3 Å². The normalized spacial score (nSPS) is 28.3. The summed E-state index contributed by atoms with van der Waals surface area (Å²) < 4.78 is 1.11. The van der Waals surface area contributed by atoms with E-state index in [4.69, 9.17) is 0 Å². The van der Waals surface area contributed by atoms with Gasteiger partial charge in [-0.1, -0.05) is 12.1 Å². The fourth-order valence-electron chi connectivity index (χ4n) is 2.79. The van der Waals surface area contributed by atoms with Crippen LogP contribution in [-0.4, -0.2) is 32.0 Å². The first-order chi connectivity index (χ1) is 8.25. The van der Waals surface area contributed by atoms with Crippen LogP contribution >= 0.6 is 15.9 Å². The van der Waals surface area contributed by atoms with E-state index in [-0.39, 0.29) is 11.8 Å². The van der Waals surface area contributed by atoms with Gasteiger partial charge in [-0.3, -0.25) is 4.79 Å². The maximum atomic E-state index is 12.0. The Hall–Kier alpha value is -0.870. The molecular formula is C13H15BrN2O. The van der Waals surface area contributed by atoms with Crippen molar-refractivity contribution in [2.75, 3.05) is 31.1 Å². The summed E-state index contributed by atoms with van der Waals surface area (Å²) in [6.45, 7) is 3.34. The Morgan fingerprint density at radius 1 is 1.18 bits per heavy atom. The molecule has 1 N–H and O–H groups in total. The Kier molecular flexibility index (Phi) is 2.92. The number of nitrogens with one attached hydrogen (secondary N) is 1. The number of Topliss-reactive ketones (excluding diaryl/α,β-unsaturated/α-hetero) is 1. The van der Waals surface area contributed by atoms with E-state index in [1.807, 2.05) is 12.1 Å². The van der Waals surface area contributed by atoms with Crippen LogP contribution in [0, 0.1) is 11.8 Å². The molecule has 2 aliphatic heterocycles. The van der Waals surface area contributed by atoms with Crippen molar-refractivity contribution in [3.8, 4) is 0 Å². The first kappa shape index (κ1) is 11.2. The molecule has 0 amide bonds. The molecule has 2 unspecified atom stereocenters. The first-order valence-corrected chi connectivity index (χ1v) is 6.79. The highest BCUT2D eigenvalue weighted by Crippen LogP contribution is 2.31. The predicted molar refractivity (Wildman–Crippen MR) is 71.2 cm³/mol. The number of halogens is 1. The standard InChI is InChI=1S/C13H15BrN2O/c14-11-3-1-2-4-12(11)16-7-9-5-15-6-10(8-16)13(9)17/h1-4,9-10,15H,5-8H2. The Morgan fingerprint density at radius 2 is 1.82 bits per heavy atom. The zero-order valence-electron chi connectivity index (χ0n) is 9.53. The van der Waals surface area contributed by atoms with Crippen molar-refractivity contribution >= 4 is 27.4 Å². The number of ketones is 1. The molecule has 90 valence electrons. The largest absolute Gasteiger partial charge is 0.369 e. The lowest BCUT2D eigenvalue weighted by Gasteiger charge is -2.41. The number of fused-ring (bicyclic) bond motifs is 2. The number of carbonyl (C=O) groups excluding carboxylic acids is 1. The maximum absolute atomic E-state index is 12.0. The molecule has 3 rings (SSSR count). The smallest absolute Gasteiger partial charge is 0.145 e. The van der Waals surface area contributed by atoms with E-state index in [0.29, 0.717) is 5.78 Å². The Labute approximate surface area is 109 Å². The first-order valence-electron chi connectivity index (χ1n) is 5.99. The molecule has 0 aliphatic carbocycles. The van der Waals surface area contributed by atoms with E-state index >= 15 is 0 Å². The molecule has 2 atom stereocenters. The molecule has 0 saturated carbocycles. The average Bonchev–Trinajstić information content (AvgIpc) is 2.29. The summed E-state index contributed by atoms with van der Waals surface area (Å²) >= 11 is 3.58. The minimum Gasteiger partial charge on any atom is -0.369 e. The molecule has 2 bridgehead atoms. The number of nitrogens with zero attached hydrogens (tertiary/aromatic N) is 1. The summed E-state index contributed by atoms with van der Waals surface area (Å²) in [6, 6.07) is 8.23. The van der Waals surface area contributed by atoms with Crippen LogP contribution in [0.25, 0.3) is 0 Å². The zero-order valence-corrected chi connectivity index (χ0v) is 11.1. The van der Waals surface area contributed by atoms with Crippen molar-refractivity contribution in [1.82, 2.24) is 5.32 Å². The van der Waals surface area contributed by atoms with Crippen molar-refractivity contribution in [3.63, 3.8) is 0 Å². The summed E-state index contributed by atoms with van der Waals surface area (Å²) in [5.74, 6) is 0.774. The monoisotopic (exact) mass is 294 g/mol. The number of carbonyl (C=O) groups is 1. The van der Waals surface area contributed by atoms with Gasteiger partial charge < -0.3 is 10.2 Å². The number of rotatable bonds is 1. The SMILES string of the molecule is O=C1C2CNCC1CN(c1ccccc1Br)C2. The molecule has 2 saturated heterocycles. The lowest BCUT2D eigenvalue weighted by atomic mass is 9.84. The van der Waals surface area contributed by atoms with E-state index in [9.17, 15) is 4.79 Å². The summed E-state index contributed by atoms with van der Waals surface area (Å²) in [5, 5.41) is 3.34. The van der Waals surface area contributed by atoms with Gasteiger partial charge in [0.15, 0.2) is 0 Å². The number of piperidine rings is 2. The van der Waals surface area contributed by atoms with Crippen LogP contribution in [0.4, 0.5) is 5.69 Å². The molecule has 1 aromatic carbocycles. The van der Waals surface area contributed by atoms with Crippen molar-refractivity contribution < 1.29 is 4.79 Å². The summed E-state index contributed by atoms with van der Waals surface area (Å²) in [7, 11) is 0. The highest BCUT2D eigenvalue weighted by atomic mass is 79.9. The molecule has 0 aromatic heterocycles. The van der Waals surface area contributed by atoms with Gasteiger partial charge >= 0.3 is 0 Å². The quantitative estimate of drug-likeness (QED) is 0.855. The van der Waals surface area contributed by atoms with Gasteiger partial charge in [-0.05, 0) is 28.1 Å². The van der Waals surface area contributed by atoms with E-state index in [1.165, 1.54) is 5.69 Å². The molecule has 1 aromatic rings. The maximum Gasteiger partial charge on any atom is 0.145 e. The third kappa shape index (κ3) is 2.00. The van der Waals surface area contributed by atoms with Crippen molar-refractivity contribution in [1.29, 1.82) is 0 Å². The molecule has 4 heteroatoms. The highest BCUT2D eigenvalue weighted by Gasteiger charge is 2.38. The molecule has 2 fully saturated rings. The van der Waals surface area contributed by atoms with Gasteiger partial charge in [-0.15, -0.1) is 0 Å². The Balaban J connectivity index is 1.87. The summed E-state index contributed by atoms with van der Waals surface area (Å²) in [5.41, 5.74) is 1.21. The lowest BCUT2D eigenvalue weighted by Crippen LogP contribution is -2.57. The highest BCUT2D eigenvalue weighted by molar-refractivity contribution is 9.10. The zero-order chi connectivity index (χ0) is 11.8. The van der Waals surface area contributed by atoms with Gasteiger partial charge in [0, 0.05) is 42.5 Å². The van der Waals surface area contributed by atoms with Gasteiger partial charge in [-0.2, -0.15) is 0 Å². The van der Waals surface area contributed by atoms with Crippen LogP contribution in [0.3, 0.4) is 0 Å². The molecular weight excluding hydrogens is 280 g/mol. The van der Waals surface area contributed by atoms with Gasteiger partial charge in [0.05, 0.1) is 5.69 Å². The third-order valence-electron chi connectivity index (χ3n) is 3.66. The second-order valence-electron chi connectivity index (χ2n) is 4.81. The number of anilines is 1. The van der Waals surface area contributed by atoms with Crippen LogP contribution in [0.2, 0.25) is 0 Å². The fraction of sp³-hybridized carbons (Fsp3) is 0.462. The minimum atomic E-state index is 0.162. The van der Waals surface area contributed by atoms with Crippen LogP contribution in [0.5, 0.6) is 0 Å². The van der Waals surface area contributed by atoms with Crippen molar-refractivity contribution in [3.05, 3.63) is 28.7 Å². The molecule has 2 aliphatic rings. The van der Waals surface area contributed by atoms with Gasteiger partial charge in [0.25, 0.3) is 0 Å². The molecule has 2 heterocycles. The Morgan fingerprint density at radius 3 is 2.47 bits per heavy atom. The molecule has 3 nitrogen and oxygen atoms in total. The van der Waals surface area contributed by atoms with Crippen LogP contribution in [0.1, 0.15) is 0 Å². The number of hydrogen-bond donors (Lipinski definition) is 1. The topological polar surface area (TPSA) is 32.3 Å². The van der Waals surface area contributed by atoms with Gasteiger partial charge in [0.2, 0.25) is 0 Å². The third-order valence-corrected chi connectivity index (χ3v) is 4.33. The van der Waals surface area contributed by atoms with Gasteiger partial charge in [0.1, 0.15) is 5.78 Å². The second kappa shape index (κ2) is 4.42. The van der Waals surface area contributed by atoms with Crippen LogP contribution in [-0.2, 0) is 4.79 Å². The van der Waals surface area contributed by atoms with E-state index < -0.39 is 0 Å². The summed E-state index contributed by atoms with van der Waals surface area (Å²) in [4.78, 5) is 14.3. The van der Waals surface area contributed by atoms with Gasteiger partial charge in [-0.25, -0.2) is 0 Å². The van der Waals surface area contributed by atoms with Crippen LogP contribution < -0.4 is 10.2 Å². The van der Waals surface area contributed by atoms with Crippen molar-refractivity contribution in [2.45, 2.75) is 0 Å². The second-order valence-corrected chi connectivity index (χ2v) is 5.67. The summed E-state index contributed by atoms with van der Waals surface area (Å²) in [6.07, 6.45) is 0. The van der Waals surface area contributed by atoms with E-state index in [1.54, 1.807) is 0 Å². The van der Waals surface area contributed by atoms with E-state index in [0.717, 1.165) is 30.7 Å². The van der Waals surface area contributed by atoms with Crippen molar-refractivity contribution in [2.24, 2.45) is 11.8 Å². The lowest BCUT2D eigenvalue weighted by molar-refractivity contribution is -0.129. The number of para-hydroxylation sites is 1. The fourth-order valence-corrected chi connectivity index (χ4v) is 3.32. The van der Waals surface area contributed by atoms with Crippen LogP contribution in [0.15, 0.2) is 28.7 Å². The molecule has 17 heavy (non-hydrogen) atoms.